The van der Waals surface area contributed by atoms with E-state index < -0.39 is 0 Å². The lowest BCUT2D eigenvalue weighted by Gasteiger charge is -2.29. The zero-order valence-electron chi connectivity index (χ0n) is 17.6. The van der Waals surface area contributed by atoms with Crippen molar-refractivity contribution in [2.24, 2.45) is 0 Å². The van der Waals surface area contributed by atoms with Crippen LogP contribution < -0.4 is 20.1 Å². The highest BCUT2D eigenvalue weighted by Gasteiger charge is 2.23. The minimum absolute atomic E-state index is 0.190. The molecule has 0 saturated heterocycles. The lowest BCUT2D eigenvalue weighted by atomic mass is 9.96. The van der Waals surface area contributed by atoms with E-state index in [1.807, 2.05) is 19.9 Å². The van der Waals surface area contributed by atoms with Crippen molar-refractivity contribution in [2.45, 2.75) is 65.0 Å². The minimum atomic E-state index is -0.376. The van der Waals surface area contributed by atoms with Crippen molar-refractivity contribution < 1.29 is 19.1 Å². The maximum atomic E-state index is 12.3. The van der Waals surface area contributed by atoms with Gasteiger partial charge in [0.25, 0.3) is 0 Å². The van der Waals surface area contributed by atoms with E-state index in [2.05, 4.69) is 21.6 Å². The second-order valence-corrected chi connectivity index (χ2v) is 7.75. The van der Waals surface area contributed by atoms with E-state index in [-0.39, 0.29) is 24.5 Å². The molecule has 1 fully saturated rings. The first kappa shape index (κ1) is 21.4. The second-order valence-electron chi connectivity index (χ2n) is 7.75. The van der Waals surface area contributed by atoms with Crippen molar-refractivity contribution in [1.29, 1.82) is 0 Å². The van der Waals surface area contributed by atoms with Gasteiger partial charge in [0.15, 0.2) is 11.5 Å². The molecule has 0 unspecified atom stereocenters. The van der Waals surface area contributed by atoms with Crippen molar-refractivity contribution in [1.82, 2.24) is 15.5 Å². The zero-order chi connectivity index (χ0) is 20.6. The monoisotopic (exact) mass is 403 g/mol. The number of imide groups is 1. The van der Waals surface area contributed by atoms with E-state index in [1.54, 1.807) is 0 Å². The van der Waals surface area contributed by atoms with E-state index in [0.29, 0.717) is 19.8 Å². The Morgan fingerprint density at radius 3 is 2.34 bits per heavy atom. The molecule has 29 heavy (non-hydrogen) atoms. The Kier molecular flexibility index (Phi) is 7.75. The molecule has 1 aromatic rings. The number of carbonyl (C=O) groups is 2. The number of hydrogen-bond donors (Lipinski definition) is 2. The molecule has 160 valence electrons. The normalized spacial score (nSPS) is 17.3. The Bertz CT molecular complexity index is 716. The smallest absolute Gasteiger partial charge is 0.321 e. The number of rotatable bonds is 7. The van der Waals surface area contributed by atoms with Crippen LogP contribution in [0.1, 0.15) is 57.1 Å². The molecule has 2 N–H and O–H groups in total. The highest BCUT2D eigenvalue weighted by Crippen LogP contribution is 2.33. The Labute approximate surface area is 173 Å². The molecule has 0 atom stereocenters. The Hall–Kier alpha value is -2.28. The summed E-state index contributed by atoms with van der Waals surface area (Å²) in [4.78, 5) is 26.5. The molecule has 3 rings (SSSR count). The van der Waals surface area contributed by atoms with Crippen LogP contribution in [0.4, 0.5) is 4.79 Å². The molecular weight excluding hydrogens is 370 g/mol. The number of nitrogens with one attached hydrogen (secondary N) is 2. The molecule has 0 bridgehead atoms. The highest BCUT2D eigenvalue weighted by atomic mass is 16.5. The summed E-state index contributed by atoms with van der Waals surface area (Å²) in [7, 11) is 0. The topological polar surface area (TPSA) is 79.9 Å². The molecule has 3 amide bonds. The molecule has 0 spiro atoms. The summed E-state index contributed by atoms with van der Waals surface area (Å²) in [5.41, 5.74) is 2.37. The van der Waals surface area contributed by atoms with Crippen molar-refractivity contribution >= 4 is 11.9 Å². The fourth-order valence-corrected chi connectivity index (χ4v) is 4.13. The number of ether oxygens (including phenoxy) is 2. The van der Waals surface area contributed by atoms with Crippen molar-refractivity contribution in [3.05, 3.63) is 23.3 Å². The maximum absolute atomic E-state index is 12.3. The van der Waals surface area contributed by atoms with E-state index in [0.717, 1.165) is 55.7 Å². The zero-order valence-corrected chi connectivity index (χ0v) is 17.6. The van der Waals surface area contributed by atoms with Crippen LogP contribution in [-0.2, 0) is 17.8 Å². The molecule has 2 aliphatic rings. The second kappa shape index (κ2) is 10.5. The third kappa shape index (κ3) is 6.10. The summed E-state index contributed by atoms with van der Waals surface area (Å²) in [5.74, 6) is 1.25. The predicted octanol–water partition coefficient (Wildman–Crippen LogP) is 3.00. The van der Waals surface area contributed by atoms with Gasteiger partial charge in [-0.2, -0.15) is 0 Å². The van der Waals surface area contributed by atoms with Crippen molar-refractivity contribution in [3.63, 3.8) is 0 Å². The van der Waals surface area contributed by atoms with Crippen LogP contribution in [0, 0.1) is 0 Å². The van der Waals surface area contributed by atoms with Gasteiger partial charge in [-0.25, -0.2) is 4.79 Å². The van der Waals surface area contributed by atoms with Crippen LogP contribution in [0.2, 0.25) is 0 Å². The van der Waals surface area contributed by atoms with Gasteiger partial charge in [-0.3, -0.25) is 15.0 Å². The van der Waals surface area contributed by atoms with E-state index in [4.69, 9.17) is 9.47 Å². The van der Waals surface area contributed by atoms with Gasteiger partial charge in [-0.1, -0.05) is 19.3 Å². The van der Waals surface area contributed by atoms with Crippen LogP contribution in [0.25, 0.3) is 0 Å². The quantitative estimate of drug-likeness (QED) is 0.732. The summed E-state index contributed by atoms with van der Waals surface area (Å²) in [5, 5.41) is 5.40. The number of amides is 3. The van der Waals surface area contributed by atoms with Gasteiger partial charge in [-0.15, -0.1) is 0 Å². The van der Waals surface area contributed by atoms with Gasteiger partial charge in [0.05, 0.1) is 19.8 Å². The SMILES string of the molecule is CCOc1cc2c(cc1OCC)CN(CC(=O)NC(=O)NC1CCCCC1)CC2. The first-order chi connectivity index (χ1) is 14.1. The average Bonchev–Trinajstić information content (AvgIpc) is 2.69. The lowest BCUT2D eigenvalue weighted by molar-refractivity contribution is -0.121. The van der Waals surface area contributed by atoms with Crippen LogP contribution in [0.15, 0.2) is 12.1 Å². The Balaban J connectivity index is 1.53. The molecule has 0 radical (unpaired) electrons. The van der Waals surface area contributed by atoms with Crippen LogP contribution in [-0.4, -0.2) is 49.2 Å². The molecule has 7 nitrogen and oxygen atoms in total. The number of urea groups is 1. The largest absolute Gasteiger partial charge is 0.490 e. The fraction of sp³-hybridized carbons (Fsp3) is 0.636. The predicted molar refractivity (Wildman–Crippen MR) is 111 cm³/mol. The first-order valence-corrected chi connectivity index (χ1v) is 10.8. The van der Waals surface area contributed by atoms with E-state index in [1.165, 1.54) is 12.0 Å². The minimum Gasteiger partial charge on any atom is -0.490 e. The summed E-state index contributed by atoms with van der Waals surface area (Å²) in [6.45, 7) is 6.69. The number of carbonyl (C=O) groups excluding carboxylic acids is 2. The van der Waals surface area contributed by atoms with Gasteiger partial charge in [-0.05, 0) is 56.4 Å². The molecule has 1 saturated carbocycles. The maximum Gasteiger partial charge on any atom is 0.321 e. The summed E-state index contributed by atoms with van der Waals surface area (Å²) >= 11 is 0. The van der Waals surface area contributed by atoms with E-state index in [9.17, 15) is 9.59 Å². The molecule has 0 aromatic heterocycles. The van der Waals surface area contributed by atoms with Gasteiger partial charge in [0.2, 0.25) is 5.91 Å². The number of benzene rings is 1. The summed E-state index contributed by atoms with van der Waals surface area (Å²) in [6.07, 6.45) is 6.34. The van der Waals surface area contributed by atoms with E-state index >= 15 is 0 Å². The molecule has 1 aliphatic heterocycles. The molecule has 1 aliphatic carbocycles. The van der Waals surface area contributed by atoms with Gasteiger partial charge in [0.1, 0.15) is 0 Å². The van der Waals surface area contributed by atoms with Gasteiger partial charge < -0.3 is 14.8 Å². The number of hydrogen-bond acceptors (Lipinski definition) is 5. The lowest BCUT2D eigenvalue weighted by Crippen LogP contribution is -2.48. The summed E-state index contributed by atoms with van der Waals surface area (Å²) in [6, 6.07) is 3.89. The van der Waals surface area contributed by atoms with Crippen molar-refractivity contribution in [2.75, 3.05) is 26.3 Å². The third-order valence-corrected chi connectivity index (χ3v) is 5.52. The molecule has 1 aromatic carbocycles. The number of nitrogens with zero attached hydrogens (tertiary/aromatic N) is 1. The van der Waals surface area contributed by atoms with Gasteiger partial charge >= 0.3 is 6.03 Å². The van der Waals surface area contributed by atoms with Crippen LogP contribution in [0.5, 0.6) is 11.5 Å². The summed E-state index contributed by atoms with van der Waals surface area (Å²) < 4.78 is 11.4. The highest BCUT2D eigenvalue weighted by molar-refractivity contribution is 5.95. The molecule has 1 heterocycles. The Morgan fingerprint density at radius 1 is 1.03 bits per heavy atom. The number of fused-ring (bicyclic) bond motifs is 1. The standard InChI is InChI=1S/C22H33N3O4/c1-3-28-19-12-16-10-11-25(14-17(16)13-20(19)29-4-2)15-21(26)24-22(27)23-18-8-6-5-7-9-18/h12-13,18H,3-11,14-15H2,1-2H3,(H2,23,24,26,27). The Morgan fingerprint density at radius 2 is 1.69 bits per heavy atom. The van der Waals surface area contributed by atoms with Crippen LogP contribution in [0.3, 0.4) is 0 Å². The fourth-order valence-electron chi connectivity index (χ4n) is 4.13. The third-order valence-electron chi connectivity index (χ3n) is 5.52. The molecular formula is C22H33N3O4. The molecule has 7 heteroatoms. The first-order valence-electron chi connectivity index (χ1n) is 10.8. The average molecular weight is 404 g/mol. The van der Waals surface area contributed by atoms with Crippen molar-refractivity contribution in [3.8, 4) is 11.5 Å². The van der Waals surface area contributed by atoms with Crippen LogP contribution >= 0.6 is 0 Å². The van der Waals surface area contributed by atoms with Gasteiger partial charge in [0, 0.05) is 19.1 Å².